The summed E-state index contributed by atoms with van der Waals surface area (Å²) in [5.41, 5.74) is 1.31. The lowest BCUT2D eigenvalue weighted by molar-refractivity contribution is -0.0770. The van der Waals surface area contributed by atoms with Gasteiger partial charge in [0.05, 0.1) is 94.6 Å². The van der Waals surface area contributed by atoms with E-state index < -0.39 is 68.5 Å². The van der Waals surface area contributed by atoms with Gasteiger partial charge in [0.25, 0.3) is 0 Å². The molecule has 22 nitrogen and oxygen atoms in total. The minimum atomic E-state index is -1.59. The molecule has 2 N–H and O–H groups in total. The first kappa shape index (κ1) is 72.3. The summed E-state index contributed by atoms with van der Waals surface area (Å²) in [6.45, 7) is 30.2. The van der Waals surface area contributed by atoms with Crippen LogP contribution in [-0.4, -0.2) is 122 Å². The molecule has 0 spiro atoms. The maximum atomic E-state index is 13.7. The van der Waals surface area contributed by atoms with Gasteiger partial charge in [-0.25, -0.2) is 19.2 Å². The number of rotatable bonds is 34. The number of aromatic carboxylic acids is 2. The van der Waals surface area contributed by atoms with Crippen LogP contribution in [0.1, 0.15) is 179 Å². The number of azo groups is 2. The van der Waals surface area contributed by atoms with Crippen molar-refractivity contribution in [3.63, 3.8) is 0 Å². The predicted molar refractivity (Wildman–Crippen MR) is 343 cm³/mol. The average Bonchev–Trinajstić information content (AvgIpc) is 1.13. The molecule has 0 aliphatic rings. The highest BCUT2D eigenvalue weighted by atomic mass is 32.1. The molecule has 0 radical (unpaired) electrons. The standard InChI is InChI=1S/C66H80N10O12S2/c1-15-75(45-17-19-53(41(3)33-45)71-73-57-51(37-67)43(5)55(39-69)89-57)25-31-83-27-21-63(7,8)86-30-24-66(13,14)88-62(82)50-36-47(59(77)78)49(35-48(50)60(79)80)61(81)84-28-22-64(9,10)85-29-23-65(11,12)87-32-26-76(16-2)46-18-20-54(42(4)34-46)72-74-58-52(38-68)44(6)56(40-70)90-58/h17-20,33-36H,15-16,21-32H2,1-14H3,(H,77,78)(H,79,80)/b73-71+,74-72+. The third-order valence-electron chi connectivity index (χ3n) is 15.0. The topological polar surface area (TPSA) is 315 Å². The number of nitrogens with zero attached hydrogens (tertiary/aromatic N) is 10. The maximum Gasteiger partial charge on any atom is 0.339 e. The number of thiophene rings is 2. The summed E-state index contributed by atoms with van der Waals surface area (Å²) in [7, 11) is 0. The van der Waals surface area contributed by atoms with Crippen molar-refractivity contribution in [2.45, 2.75) is 145 Å². The zero-order valence-corrected chi connectivity index (χ0v) is 55.4. The van der Waals surface area contributed by atoms with Crippen molar-refractivity contribution in [2.75, 3.05) is 75.6 Å². The summed E-state index contributed by atoms with van der Waals surface area (Å²) < 4.78 is 36.0. The molecule has 0 atom stereocenters. The Morgan fingerprint density at radius 3 is 1.31 bits per heavy atom. The first-order valence-electron chi connectivity index (χ1n) is 29.4. The van der Waals surface area contributed by atoms with E-state index in [-0.39, 0.29) is 26.1 Å². The summed E-state index contributed by atoms with van der Waals surface area (Å²) in [5, 5.41) is 76.4. The van der Waals surface area contributed by atoms with Crippen molar-refractivity contribution in [3.05, 3.63) is 114 Å². The maximum absolute atomic E-state index is 13.7. The van der Waals surface area contributed by atoms with Crippen LogP contribution < -0.4 is 9.80 Å². The summed E-state index contributed by atoms with van der Waals surface area (Å²) >= 11 is 2.27. The lowest BCUT2D eigenvalue weighted by Gasteiger charge is -2.31. The van der Waals surface area contributed by atoms with Gasteiger partial charge in [-0.05, 0) is 181 Å². The van der Waals surface area contributed by atoms with Gasteiger partial charge in [0.15, 0.2) is 10.0 Å². The highest BCUT2D eigenvalue weighted by molar-refractivity contribution is 7.17. The molecule has 2 aromatic heterocycles. The van der Waals surface area contributed by atoms with Crippen LogP contribution in [0, 0.1) is 73.0 Å². The molecule has 5 aromatic rings. The van der Waals surface area contributed by atoms with Crippen LogP contribution >= 0.6 is 22.7 Å². The van der Waals surface area contributed by atoms with Crippen LogP contribution in [0.25, 0.3) is 0 Å². The molecular weight excluding hydrogens is 1190 g/mol. The summed E-state index contributed by atoms with van der Waals surface area (Å²) in [6.07, 6.45) is 1.46. The van der Waals surface area contributed by atoms with Crippen molar-refractivity contribution < 1.29 is 57.8 Å². The molecule has 0 saturated heterocycles. The van der Waals surface area contributed by atoms with Gasteiger partial charge in [-0.1, -0.05) is 0 Å². The van der Waals surface area contributed by atoms with Crippen molar-refractivity contribution >= 4 is 79.3 Å². The number of carbonyl (C=O) groups is 4. The average molecular weight is 1270 g/mol. The van der Waals surface area contributed by atoms with E-state index in [1.165, 1.54) is 0 Å². The van der Waals surface area contributed by atoms with E-state index in [9.17, 15) is 50.4 Å². The zero-order valence-electron chi connectivity index (χ0n) is 53.8. The van der Waals surface area contributed by atoms with E-state index in [1.807, 2.05) is 106 Å². The third kappa shape index (κ3) is 20.3. The van der Waals surface area contributed by atoms with E-state index in [2.05, 4.69) is 54.5 Å². The number of carboxylic acids is 2. The molecule has 0 aliphatic heterocycles. The number of carbonyl (C=O) groups excluding carboxylic acids is 2. The molecule has 478 valence electrons. The van der Waals surface area contributed by atoms with E-state index in [0.717, 1.165) is 63.9 Å². The largest absolute Gasteiger partial charge is 0.478 e. The minimum Gasteiger partial charge on any atom is -0.478 e. The number of likely N-dealkylation sites (N-methyl/N-ethyl adjacent to an activating group) is 2. The van der Waals surface area contributed by atoms with Crippen LogP contribution in [0.3, 0.4) is 0 Å². The van der Waals surface area contributed by atoms with Gasteiger partial charge in [0.1, 0.15) is 39.6 Å². The second kappa shape index (κ2) is 32.3. The lowest BCUT2D eigenvalue weighted by Crippen LogP contribution is -2.34. The van der Waals surface area contributed by atoms with Crippen molar-refractivity contribution in [2.24, 2.45) is 20.5 Å². The van der Waals surface area contributed by atoms with Crippen LogP contribution in [0.4, 0.5) is 32.8 Å². The Morgan fingerprint density at radius 1 is 0.500 bits per heavy atom. The quantitative estimate of drug-likeness (QED) is 0.0219. The third-order valence-corrected chi connectivity index (χ3v) is 17.2. The van der Waals surface area contributed by atoms with E-state index in [0.29, 0.717) is 112 Å². The Kier molecular flexibility index (Phi) is 26.0. The molecule has 0 aliphatic carbocycles. The van der Waals surface area contributed by atoms with Crippen LogP contribution in [0.2, 0.25) is 0 Å². The number of ether oxygens (including phenoxy) is 6. The Hall–Kier alpha value is -8.46. The Balaban J connectivity index is 1.05. The molecule has 0 fully saturated rings. The molecule has 0 amide bonds. The number of aryl methyl sites for hydroxylation is 2. The number of esters is 2. The van der Waals surface area contributed by atoms with Crippen LogP contribution in [0.15, 0.2) is 69.0 Å². The smallest absolute Gasteiger partial charge is 0.339 e. The fourth-order valence-corrected chi connectivity index (χ4v) is 10.9. The van der Waals surface area contributed by atoms with Gasteiger partial charge < -0.3 is 48.4 Å². The fraction of sp³-hybridized carbons (Fsp3) is 0.485. The van der Waals surface area contributed by atoms with E-state index in [1.54, 1.807) is 27.7 Å². The highest BCUT2D eigenvalue weighted by Crippen LogP contribution is 2.38. The van der Waals surface area contributed by atoms with Gasteiger partial charge >= 0.3 is 23.9 Å². The summed E-state index contributed by atoms with van der Waals surface area (Å²) in [4.78, 5) is 57.4. The molecule has 90 heavy (non-hydrogen) atoms. The number of anilines is 2. The number of carboxylic acid groups (broad SMARTS) is 2. The second-order valence-corrected chi connectivity index (χ2v) is 25.7. The molecule has 0 unspecified atom stereocenters. The summed E-state index contributed by atoms with van der Waals surface area (Å²) in [5.74, 6) is -5.38. The van der Waals surface area contributed by atoms with Crippen LogP contribution in [-0.2, 0) is 28.4 Å². The Bertz CT molecular complexity index is 3650. The number of hydrogen-bond donors (Lipinski definition) is 2. The molecule has 24 heteroatoms. The van der Waals surface area contributed by atoms with Gasteiger partial charge in [-0.15, -0.1) is 43.1 Å². The molecular formula is C66H80N10O12S2. The first-order valence-corrected chi connectivity index (χ1v) is 31.0. The lowest BCUT2D eigenvalue weighted by atomic mass is 9.97. The van der Waals surface area contributed by atoms with E-state index >= 15 is 0 Å². The zero-order chi connectivity index (χ0) is 66.7. The van der Waals surface area contributed by atoms with Gasteiger partial charge in [-0.2, -0.15) is 21.0 Å². The number of nitriles is 4. The van der Waals surface area contributed by atoms with Crippen LogP contribution in [0.5, 0.6) is 0 Å². The van der Waals surface area contributed by atoms with Gasteiger partial charge in [-0.3, -0.25) is 0 Å². The summed E-state index contributed by atoms with van der Waals surface area (Å²) in [6, 6.07) is 21.7. The molecule has 5 rings (SSSR count). The predicted octanol–water partition coefficient (Wildman–Crippen LogP) is 14.9. The number of benzene rings is 3. The SMILES string of the molecule is CCN(CCOCCC(C)(C)OCCC(C)(C)OC(=O)c1cc(C(=O)O)c(C(=O)OCCC(C)(C)OCCC(C)(C)OCCN(CC)c2ccc(/N=N/c3sc(C#N)c(C)c3C#N)c(C)c2)cc1C(=O)O)c1ccc(/N=N/c2sc(C#N)c(C)c2C#N)c(C)c1. The fourth-order valence-electron chi connectivity index (χ4n) is 9.15. The number of hydrogen-bond acceptors (Lipinski definition) is 22. The van der Waals surface area contributed by atoms with Gasteiger partial charge in [0, 0.05) is 57.0 Å². The van der Waals surface area contributed by atoms with Crippen molar-refractivity contribution in [1.82, 2.24) is 0 Å². The Labute approximate surface area is 534 Å². The normalized spacial score (nSPS) is 11.9. The molecule has 0 bridgehead atoms. The minimum absolute atomic E-state index is 0.149. The second-order valence-electron chi connectivity index (χ2n) is 23.7. The Morgan fingerprint density at radius 2 is 0.900 bits per heavy atom. The molecule has 0 saturated carbocycles. The molecule has 3 aromatic carbocycles. The highest BCUT2D eigenvalue weighted by Gasteiger charge is 2.32. The van der Waals surface area contributed by atoms with E-state index in [4.69, 9.17) is 28.4 Å². The van der Waals surface area contributed by atoms with Crippen molar-refractivity contribution in [3.8, 4) is 24.3 Å². The first-order chi connectivity index (χ1) is 42.4. The van der Waals surface area contributed by atoms with Crippen molar-refractivity contribution in [1.29, 1.82) is 21.0 Å². The molecule has 2 heterocycles. The monoisotopic (exact) mass is 1270 g/mol. The van der Waals surface area contributed by atoms with Gasteiger partial charge in [0.2, 0.25) is 0 Å².